The molecule has 172 valence electrons. The van der Waals surface area contributed by atoms with Gasteiger partial charge in [0.05, 0.1) is 6.61 Å². The summed E-state index contributed by atoms with van der Waals surface area (Å²) in [5.74, 6) is -0.206. The number of carbonyl (C=O) groups excluding carboxylic acids is 1. The van der Waals surface area contributed by atoms with Gasteiger partial charge in [-0.25, -0.2) is 9.78 Å². The van der Waals surface area contributed by atoms with Crippen LogP contribution >= 0.6 is 0 Å². The highest BCUT2D eigenvalue weighted by atomic mass is 17.2. The number of nitrogens with one attached hydrogen (secondary N) is 2. The minimum absolute atomic E-state index is 0.146. The fraction of sp³-hybridized carbons (Fsp3) is 0.240. The van der Waals surface area contributed by atoms with Crippen LogP contribution in [0.5, 0.6) is 5.75 Å². The van der Waals surface area contributed by atoms with Crippen molar-refractivity contribution in [3.05, 3.63) is 89.6 Å². The number of carbonyl (C=O) groups is 2. The lowest BCUT2D eigenvalue weighted by atomic mass is 10.0. The summed E-state index contributed by atoms with van der Waals surface area (Å²) < 4.78 is 0. The molecule has 0 fully saturated rings. The van der Waals surface area contributed by atoms with E-state index in [0.717, 1.165) is 23.4 Å². The minimum atomic E-state index is -1.10. The van der Waals surface area contributed by atoms with E-state index in [1.165, 1.54) is 0 Å². The van der Waals surface area contributed by atoms with E-state index in [2.05, 4.69) is 15.6 Å². The molecule has 8 heteroatoms. The number of aromatic nitrogens is 1. The summed E-state index contributed by atoms with van der Waals surface area (Å²) in [6.45, 7) is 3.01. The van der Waals surface area contributed by atoms with Gasteiger partial charge in [-0.2, -0.15) is 4.89 Å². The molecule has 0 spiro atoms. The van der Waals surface area contributed by atoms with E-state index in [1.807, 2.05) is 37.3 Å². The van der Waals surface area contributed by atoms with Crippen LogP contribution in [0.15, 0.2) is 72.9 Å². The van der Waals surface area contributed by atoms with Gasteiger partial charge in [0.15, 0.2) is 5.75 Å². The standard InChI is InChI=1S/C25H27N3O5/c1-18-6-10-20(11-7-18)24(29)28-22(25(30)31)17-19-8-12-21(13-9-19)33-32-16-4-15-27-23-5-2-3-14-26-23/h2-3,5-14,22H,4,15-17H2,1H3,(H,26,27)(H,28,29)(H,30,31)/t22-/m0/s1. The average molecular weight is 450 g/mol. The summed E-state index contributed by atoms with van der Waals surface area (Å²) in [7, 11) is 0. The van der Waals surface area contributed by atoms with Crippen molar-refractivity contribution in [2.45, 2.75) is 25.8 Å². The second-order valence-corrected chi connectivity index (χ2v) is 7.48. The van der Waals surface area contributed by atoms with E-state index in [0.29, 0.717) is 24.5 Å². The lowest BCUT2D eigenvalue weighted by molar-refractivity contribution is -0.206. The molecule has 1 heterocycles. The molecule has 0 radical (unpaired) electrons. The average Bonchev–Trinajstić information content (AvgIpc) is 2.83. The highest BCUT2D eigenvalue weighted by Crippen LogP contribution is 2.14. The lowest BCUT2D eigenvalue weighted by Gasteiger charge is -2.15. The Labute approximate surface area is 192 Å². The number of benzene rings is 2. The van der Waals surface area contributed by atoms with Crippen molar-refractivity contribution in [3.8, 4) is 5.75 Å². The van der Waals surface area contributed by atoms with E-state index in [-0.39, 0.29) is 6.42 Å². The fourth-order valence-corrected chi connectivity index (χ4v) is 2.99. The minimum Gasteiger partial charge on any atom is -0.480 e. The van der Waals surface area contributed by atoms with Crippen molar-refractivity contribution in [1.82, 2.24) is 10.3 Å². The number of rotatable bonds is 12. The van der Waals surface area contributed by atoms with Crippen molar-refractivity contribution in [2.75, 3.05) is 18.5 Å². The highest BCUT2D eigenvalue weighted by molar-refractivity contribution is 5.96. The molecule has 33 heavy (non-hydrogen) atoms. The Balaban J connectivity index is 1.41. The molecule has 1 atom stereocenters. The summed E-state index contributed by atoms with van der Waals surface area (Å²) >= 11 is 0. The number of carboxylic acid groups (broad SMARTS) is 1. The van der Waals surface area contributed by atoms with E-state index < -0.39 is 17.9 Å². The molecule has 0 bridgehead atoms. The number of hydrogen-bond acceptors (Lipinski definition) is 6. The number of nitrogens with zero attached hydrogens (tertiary/aromatic N) is 1. The SMILES string of the molecule is Cc1ccc(C(=O)N[C@@H](Cc2ccc(OOCCCNc3ccccn3)cc2)C(=O)O)cc1. The molecule has 0 saturated carbocycles. The van der Waals surface area contributed by atoms with Crippen LogP contribution in [0.2, 0.25) is 0 Å². The van der Waals surface area contributed by atoms with E-state index >= 15 is 0 Å². The molecule has 8 nitrogen and oxygen atoms in total. The normalized spacial score (nSPS) is 11.4. The largest absolute Gasteiger partial charge is 0.480 e. The van der Waals surface area contributed by atoms with Gasteiger partial charge in [-0.3, -0.25) is 4.79 Å². The summed E-state index contributed by atoms with van der Waals surface area (Å²) in [6, 6.07) is 18.5. The van der Waals surface area contributed by atoms with Crippen molar-refractivity contribution >= 4 is 17.7 Å². The van der Waals surface area contributed by atoms with Gasteiger partial charge in [0.1, 0.15) is 11.9 Å². The zero-order valence-electron chi connectivity index (χ0n) is 18.4. The van der Waals surface area contributed by atoms with Gasteiger partial charge in [-0.15, -0.1) is 0 Å². The Morgan fingerprint density at radius 3 is 2.45 bits per heavy atom. The Morgan fingerprint density at radius 2 is 1.79 bits per heavy atom. The Morgan fingerprint density at radius 1 is 1.03 bits per heavy atom. The maximum atomic E-state index is 12.4. The van der Waals surface area contributed by atoms with Crippen LogP contribution in [0.4, 0.5) is 5.82 Å². The number of aryl methyl sites for hydroxylation is 1. The third kappa shape index (κ3) is 7.93. The lowest BCUT2D eigenvalue weighted by Crippen LogP contribution is -2.42. The predicted molar refractivity (Wildman–Crippen MR) is 124 cm³/mol. The monoisotopic (exact) mass is 449 g/mol. The molecular formula is C25H27N3O5. The van der Waals surface area contributed by atoms with Gasteiger partial charge in [0, 0.05) is 24.7 Å². The first-order chi connectivity index (χ1) is 16.0. The molecule has 0 unspecified atom stereocenters. The highest BCUT2D eigenvalue weighted by Gasteiger charge is 2.21. The molecule has 0 aliphatic heterocycles. The van der Waals surface area contributed by atoms with Crippen molar-refractivity contribution in [3.63, 3.8) is 0 Å². The Hall–Kier alpha value is -3.91. The van der Waals surface area contributed by atoms with Crippen LogP contribution in [-0.4, -0.2) is 41.2 Å². The number of pyridine rings is 1. The number of anilines is 1. The van der Waals surface area contributed by atoms with Crippen molar-refractivity contribution < 1.29 is 24.5 Å². The van der Waals surface area contributed by atoms with Gasteiger partial charge in [-0.05, 0) is 55.3 Å². The van der Waals surface area contributed by atoms with Crippen LogP contribution < -0.4 is 15.5 Å². The van der Waals surface area contributed by atoms with Crippen LogP contribution in [-0.2, 0) is 16.1 Å². The molecule has 0 aliphatic rings. The first kappa shape index (κ1) is 23.7. The van der Waals surface area contributed by atoms with E-state index in [4.69, 9.17) is 9.78 Å². The first-order valence-corrected chi connectivity index (χ1v) is 10.6. The summed E-state index contributed by atoms with van der Waals surface area (Å²) in [5.41, 5.74) is 2.19. The molecule has 3 N–H and O–H groups in total. The van der Waals surface area contributed by atoms with Gasteiger partial charge in [0.2, 0.25) is 0 Å². The molecule has 1 aromatic heterocycles. The van der Waals surface area contributed by atoms with Crippen LogP contribution in [0.25, 0.3) is 0 Å². The van der Waals surface area contributed by atoms with E-state index in [1.54, 1.807) is 42.6 Å². The van der Waals surface area contributed by atoms with Gasteiger partial charge in [0.25, 0.3) is 5.91 Å². The smallest absolute Gasteiger partial charge is 0.326 e. The molecule has 1 amide bonds. The molecular weight excluding hydrogens is 422 g/mol. The molecule has 3 rings (SSSR count). The third-order valence-corrected chi connectivity index (χ3v) is 4.81. The van der Waals surface area contributed by atoms with Crippen LogP contribution in [0, 0.1) is 6.92 Å². The fourth-order valence-electron chi connectivity index (χ4n) is 2.99. The molecule has 2 aromatic carbocycles. The second-order valence-electron chi connectivity index (χ2n) is 7.48. The molecule has 0 aliphatic carbocycles. The number of amides is 1. The zero-order chi connectivity index (χ0) is 23.5. The Kier molecular flexibility index (Phi) is 8.79. The van der Waals surface area contributed by atoms with Gasteiger partial charge in [-0.1, -0.05) is 35.9 Å². The first-order valence-electron chi connectivity index (χ1n) is 10.6. The summed E-state index contributed by atoms with van der Waals surface area (Å²) in [5, 5.41) is 15.3. The second kappa shape index (κ2) is 12.2. The van der Waals surface area contributed by atoms with Gasteiger partial charge >= 0.3 is 5.97 Å². The Bertz CT molecular complexity index is 1020. The summed E-state index contributed by atoms with van der Waals surface area (Å²) in [4.78, 5) is 38.7. The number of carboxylic acids is 1. The van der Waals surface area contributed by atoms with Gasteiger partial charge < -0.3 is 20.6 Å². The predicted octanol–water partition coefficient (Wildman–Crippen LogP) is 3.63. The zero-order valence-corrected chi connectivity index (χ0v) is 18.4. The summed E-state index contributed by atoms with van der Waals surface area (Å²) in [6.07, 6.45) is 2.60. The van der Waals surface area contributed by atoms with Crippen molar-refractivity contribution in [2.24, 2.45) is 0 Å². The number of aliphatic carboxylic acids is 1. The van der Waals surface area contributed by atoms with Crippen LogP contribution in [0.3, 0.4) is 0 Å². The quantitative estimate of drug-likeness (QED) is 0.220. The van der Waals surface area contributed by atoms with Crippen molar-refractivity contribution in [1.29, 1.82) is 0 Å². The maximum absolute atomic E-state index is 12.4. The van der Waals surface area contributed by atoms with Crippen LogP contribution in [0.1, 0.15) is 27.9 Å². The molecule has 3 aromatic rings. The van der Waals surface area contributed by atoms with E-state index in [9.17, 15) is 14.7 Å². The maximum Gasteiger partial charge on any atom is 0.326 e. The molecule has 0 saturated heterocycles. The number of hydrogen-bond donors (Lipinski definition) is 3. The topological polar surface area (TPSA) is 110 Å². The third-order valence-electron chi connectivity index (χ3n) is 4.81.